The molecule has 0 fully saturated rings. The standard InChI is InChI=1S/C12H10OS/c1-9-4-2-3-5-11(9)12(13)10-6-7-14-8-10/h2-8H,1H3. The Morgan fingerprint density at radius 2 is 2.00 bits per heavy atom. The van der Waals surface area contributed by atoms with Crippen LogP contribution < -0.4 is 0 Å². The summed E-state index contributed by atoms with van der Waals surface area (Å²) in [5, 5.41) is 3.81. The largest absolute Gasteiger partial charge is 0.289 e. The summed E-state index contributed by atoms with van der Waals surface area (Å²) in [6.45, 7) is 1.96. The van der Waals surface area contributed by atoms with Crippen LogP contribution in [0.15, 0.2) is 41.1 Å². The molecule has 0 bridgehead atoms. The van der Waals surface area contributed by atoms with Crippen molar-refractivity contribution in [1.29, 1.82) is 0 Å². The van der Waals surface area contributed by atoms with E-state index < -0.39 is 0 Å². The van der Waals surface area contributed by atoms with Gasteiger partial charge in [0.1, 0.15) is 0 Å². The van der Waals surface area contributed by atoms with Gasteiger partial charge in [-0.2, -0.15) is 11.3 Å². The molecule has 0 saturated carbocycles. The number of carbonyl (C=O) groups excluding carboxylic acids is 1. The molecule has 0 aliphatic carbocycles. The van der Waals surface area contributed by atoms with Crippen molar-refractivity contribution in [2.45, 2.75) is 6.92 Å². The Morgan fingerprint density at radius 3 is 2.64 bits per heavy atom. The predicted octanol–water partition coefficient (Wildman–Crippen LogP) is 3.29. The first-order valence-corrected chi connectivity index (χ1v) is 5.36. The van der Waals surface area contributed by atoms with E-state index >= 15 is 0 Å². The number of carbonyl (C=O) groups is 1. The van der Waals surface area contributed by atoms with Crippen LogP contribution in [0.2, 0.25) is 0 Å². The van der Waals surface area contributed by atoms with Gasteiger partial charge in [-0.3, -0.25) is 4.79 Å². The second kappa shape index (κ2) is 3.76. The van der Waals surface area contributed by atoms with E-state index in [0.29, 0.717) is 0 Å². The summed E-state index contributed by atoms with van der Waals surface area (Å²) < 4.78 is 0. The zero-order valence-electron chi connectivity index (χ0n) is 7.86. The topological polar surface area (TPSA) is 17.1 Å². The first kappa shape index (κ1) is 9.16. The van der Waals surface area contributed by atoms with Gasteiger partial charge in [0.25, 0.3) is 0 Å². The summed E-state index contributed by atoms with van der Waals surface area (Å²) in [4.78, 5) is 11.9. The first-order valence-electron chi connectivity index (χ1n) is 4.41. The van der Waals surface area contributed by atoms with Crippen molar-refractivity contribution in [2.75, 3.05) is 0 Å². The lowest BCUT2D eigenvalue weighted by Gasteiger charge is -2.01. The minimum Gasteiger partial charge on any atom is -0.289 e. The Labute approximate surface area is 87.0 Å². The van der Waals surface area contributed by atoms with Crippen LogP contribution in [-0.2, 0) is 0 Å². The summed E-state index contributed by atoms with van der Waals surface area (Å²) in [6, 6.07) is 9.53. The molecule has 0 saturated heterocycles. The number of hydrogen-bond donors (Lipinski definition) is 0. The maximum absolute atomic E-state index is 11.9. The van der Waals surface area contributed by atoms with Gasteiger partial charge < -0.3 is 0 Å². The Morgan fingerprint density at radius 1 is 1.21 bits per heavy atom. The van der Waals surface area contributed by atoms with Gasteiger partial charge in [0.2, 0.25) is 0 Å². The van der Waals surface area contributed by atoms with Crippen LogP contribution in [0.25, 0.3) is 0 Å². The van der Waals surface area contributed by atoms with Crippen LogP contribution in [0.4, 0.5) is 0 Å². The third-order valence-corrected chi connectivity index (χ3v) is 2.86. The van der Waals surface area contributed by atoms with E-state index in [9.17, 15) is 4.79 Å². The number of thiophene rings is 1. The van der Waals surface area contributed by atoms with Gasteiger partial charge in [0, 0.05) is 16.5 Å². The summed E-state index contributed by atoms with van der Waals surface area (Å²) >= 11 is 1.55. The van der Waals surface area contributed by atoms with Crippen LogP contribution in [0.5, 0.6) is 0 Å². The fraction of sp³-hybridized carbons (Fsp3) is 0.0833. The zero-order chi connectivity index (χ0) is 9.97. The molecule has 1 nitrogen and oxygen atoms in total. The molecule has 0 atom stereocenters. The second-order valence-corrected chi connectivity index (χ2v) is 3.94. The quantitative estimate of drug-likeness (QED) is 0.683. The SMILES string of the molecule is Cc1ccccc1C(=O)c1ccsc1. The highest BCUT2D eigenvalue weighted by Crippen LogP contribution is 2.15. The lowest BCUT2D eigenvalue weighted by molar-refractivity contribution is 0.103. The van der Waals surface area contributed by atoms with Gasteiger partial charge >= 0.3 is 0 Å². The summed E-state index contributed by atoms with van der Waals surface area (Å²) in [6.07, 6.45) is 0. The lowest BCUT2D eigenvalue weighted by atomic mass is 10.0. The monoisotopic (exact) mass is 202 g/mol. The number of hydrogen-bond acceptors (Lipinski definition) is 2. The minimum absolute atomic E-state index is 0.115. The van der Waals surface area contributed by atoms with Crippen molar-refractivity contribution in [2.24, 2.45) is 0 Å². The normalized spacial score (nSPS) is 10.1. The van der Waals surface area contributed by atoms with E-state index in [1.54, 1.807) is 11.3 Å². The van der Waals surface area contributed by atoms with Crippen LogP contribution >= 0.6 is 11.3 Å². The third-order valence-electron chi connectivity index (χ3n) is 2.17. The van der Waals surface area contributed by atoms with Crippen molar-refractivity contribution in [1.82, 2.24) is 0 Å². The smallest absolute Gasteiger partial charge is 0.194 e. The molecular formula is C12H10OS. The Hall–Kier alpha value is -1.41. The van der Waals surface area contributed by atoms with Crippen LogP contribution in [0.3, 0.4) is 0 Å². The van der Waals surface area contributed by atoms with Gasteiger partial charge in [0.05, 0.1) is 0 Å². The minimum atomic E-state index is 0.115. The predicted molar refractivity (Wildman–Crippen MR) is 58.9 cm³/mol. The van der Waals surface area contributed by atoms with Crippen molar-refractivity contribution in [3.63, 3.8) is 0 Å². The maximum atomic E-state index is 11.9. The summed E-state index contributed by atoms with van der Waals surface area (Å²) in [7, 11) is 0. The average molecular weight is 202 g/mol. The summed E-state index contributed by atoms with van der Waals surface area (Å²) in [5.41, 5.74) is 2.61. The molecule has 1 heterocycles. The molecule has 1 aromatic heterocycles. The van der Waals surface area contributed by atoms with Gasteiger partial charge in [-0.15, -0.1) is 0 Å². The molecule has 2 heteroatoms. The molecule has 1 aromatic carbocycles. The van der Waals surface area contributed by atoms with E-state index in [0.717, 1.165) is 16.7 Å². The van der Waals surface area contributed by atoms with E-state index in [1.165, 1.54) is 0 Å². The molecule has 14 heavy (non-hydrogen) atoms. The van der Waals surface area contributed by atoms with Crippen molar-refractivity contribution >= 4 is 17.1 Å². The maximum Gasteiger partial charge on any atom is 0.194 e. The average Bonchev–Trinajstić information content (AvgIpc) is 2.70. The second-order valence-electron chi connectivity index (χ2n) is 3.16. The number of rotatable bonds is 2. The fourth-order valence-corrected chi connectivity index (χ4v) is 2.01. The van der Waals surface area contributed by atoms with E-state index in [-0.39, 0.29) is 5.78 Å². The molecule has 0 unspecified atom stereocenters. The van der Waals surface area contributed by atoms with Gasteiger partial charge in [0.15, 0.2) is 5.78 Å². The van der Waals surface area contributed by atoms with Crippen LogP contribution in [0, 0.1) is 6.92 Å². The highest BCUT2D eigenvalue weighted by Gasteiger charge is 2.10. The van der Waals surface area contributed by atoms with Gasteiger partial charge in [-0.25, -0.2) is 0 Å². The Kier molecular flexibility index (Phi) is 2.46. The van der Waals surface area contributed by atoms with E-state index in [1.807, 2.05) is 48.0 Å². The molecule has 2 aromatic rings. The van der Waals surface area contributed by atoms with E-state index in [4.69, 9.17) is 0 Å². The number of ketones is 1. The Balaban J connectivity index is 2.42. The molecule has 0 spiro atoms. The molecular weight excluding hydrogens is 192 g/mol. The molecule has 0 radical (unpaired) electrons. The Bertz CT molecular complexity index is 443. The van der Waals surface area contributed by atoms with Crippen molar-refractivity contribution in [3.8, 4) is 0 Å². The van der Waals surface area contributed by atoms with Gasteiger partial charge in [-0.05, 0) is 23.9 Å². The first-order chi connectivity index (χ1) is 6.79. The van der Waals surface area contributed by atoms with Crippen molar-refractivity contribution < 1.29 is 4.79 Å². The zero-order valence-corrected chi connectivity index (χ0v) is 8.67. The fourth-order valence-electron chi connectivity index (χ4n) is 1.38. The molecule has 0 aliphatic heterocycles. The van der Waals surface area contributed by atoms with E-state index in [2.05, 4.69) is 0 Å². The third kappa shape index (κ3) is 1.61. The highest BCUT2D eigenvalue weighted by molar-refractivity contribution is 7.08. The molecule has 0 amide bonds. The lowest BCUT2D eigenvalue weighted by Crippen LogP contribution is -2.01. The summed E-state index contributed by atoms with van der Waals surface area (Å²) in [5.74, 6) is 0.115. The van der Waals surface area contributed by atoms with Crippen molar-refractivity contribution in [3.05, 3.63) is 57.8 Å². The highest BCUT2D eigenvalue weighted by atomic mass is 32.1. The molecule has 0 N–H and O–H groups in total. The molecule has 2 rings (SSSR count). The number of benzene rings is 1. The van der Waals surface area contributed by atoms with Crippen LogP contribution in [0.1, 0.15) is 21.5 Å². The van der Waals surface area contributed by atoms with Gasteiger partial charge in [-0.1, -0.05) is 24.3 Å². The van der Waals surface area contributed by atoms with Crippen LogP contribution in [-0.4, -0.2) is 5.78 Å². The molecule has 70 valence electrons. The molecule has 0 aliphatic rings. The number of aryl methyl sites for hydroxylation is 1.